The Labute approximate surface area is 158 Å². The number of halogens is 1. The van der Waals surface area contributed by atoms with Crippen molar-refractivity contribution in [3.05, 3.63) is 77.0 Å². The molecule has 0 radical (unpaired) electrons. The number of rotatable bonds is 6. The Morgan fingerprint density at radius 3 is 2.50 bits per heavy atom. The lowest BCUT2D eigenvalue weighted by Crippen LogP contribution is -1.98. The van der Waals surface area contributed by atoms with Gasteiger partial charge in [-0.2, -0.15) is 4.68 Å². The largest absolute Gasteiger partial charge is 0.424 e. The highest BCUT2D eigenvalue weighted by Crippen LogP contribution is 2.23. The molecule has 4 rings (SSSR count). The quantitative estimate of drug-likeness (QED) is 0.470. The number of nitrogens with zero attached hydrogens (tertiary/aromatic N) is 6. The number of tetrazole rings is 1. The first-order valence-electron chi connectivity index (χ1n) is 7.80. The molecule has 0 bridgehead atoms. The van der Waals surface area contributed by atoms with E-state index >= 15 is 0 Å². The topological polar surface area (TPSA) is 82.5 Å². The van der Waals surface area contributed by atoms with Crippen LogP contribution >= 0.6 is 23.4 Å². The lowest BCUT2D eigenvalue weighted by molar-refractivity contribution is 0.474. The monoisotopic (exact) mass is 384 g/mol. The van der Waals surface area contributed by atoms with Crippen molar-refractivity contribution in [2.75, 3.05) is 0 Å². The van der Waals surface area contributed by atoms with Crippen LogP contribution in [-0.2, 0) is 12.2 Å². The average molecular weight is 385 g/mol. The van der Waals surface area contributed by atoms with Gasteiger partial charge in [0, 0.05) is 5.02 Å². The number of hydrogen-bond acceptors (Lipinski definition) is 7. The van der Waals surface area contributed by atoms with Gasteiger partial charge in [-0.15, -0.1) is 15.3 Å². The molecule has 0 atom stereocenters. The lowest BCUT2D eigenvalue weighted by atomic mass is 10.2. The molecule has 0 aliphatic rings. The molecule has 2 aromatic heterocycles. The molecule has 0 unspecified atom stereocenters. The smallest absolute Gasteiger partial charge is 0.226 e. The lowest BCUT2D eigenvalue weighted by Gasteiger charge is -2.03. The summed E-state index contributed by atoms with van der Waals surface area (Å²) in [5.74, 6) is 1.60. The Kier molecular flexibility index (Phi) is 4.94. The third-order valence-corrected chi connectivity index (χ3v) is 4.70. The fourth-order valence-corrected chi connectivity index (χ4v) is 3.18. The van der Waals surface area contributed by atoms with Crippen LogP contribution in [0.5, 0.6) is 0 Å². The van der Waals surface area contributed by atoms with E-state index in [0.29, 0.717) is 34.1 Å². The van der Waals surface area contributed by atoms with Gasteiger partial charge >= 0.3 is 0 Å². The van der Waals surface area contributed by atoms with Gasteiger partial charge in [-0.25, -0.2) is 0 Å². The highest BCUT2D eigenvalue weighted by Gasteiger charge is 2.12. The van der Waals surface area contributed by atoms with Crippen molar-refractivity contribution >= 4 is 23.4 Å². The zero-order valence-electron chi connectivity index (χ0n) is 13.5. The summed E-state index contributed by atoms with van der Waals surface area (Å²) >= 11 is 7.34. The van der Waals surface area contributed by atoms with Crippen LogP contribution in [0.2, 0.25) is 5.02 Å². The van der Waals surface area contributed by atoms with E-state index in [4.69, 9.17) is 16.0 Å². The predicted octanol–water partition coefficient (Wildman–Crippen LogP) is 3.58. The number of hydrogen-bond donors (Lipinski definition) is 0. The molecule has 0 aliphatic carbocycles. The molecule has 2 aromatic carbocycles. The maximum Gasteiger partial charge on any atom is 0.226 e. The highest BCUT2D eigenvalue weighted by atomic mass is 35.5. The van der Waals surface area contributed by atoms with Crippen LogP contribution in [0.25, 0.3) is 5.69 Å². The fourth-order valence-electron chi connectivity index (χ4n) is 2.33. The summed E-state index contributed by atoms with van der Waals surface area (Å²) in [5.41, 5.74) is 1.96. The average Bonchev–Trinajstić information content (AvgIpc) is 3.31. The van der Waals surface area contributed by atoms with Gasteiger partial charge in [0.2, 0.25) is 16.9 Å². The van der Waals surface area contributed by atoms with Crippen LogP contribution in [0.1, 0.15) is 17.3 Å². The first kappa shape index (κ1) is 16.7. The molecule has 0 spiro atoms. The van der Waals surface area contributed by atoms with Gasteiger partial charge in [0.25, 0.3) is 0 Å². The summed E-state index contributed by atoms with van der Waals surface area (Å²) in [6.45, 7) is 0. The molecule has 0 fully saturated rings. The van der Waals surface area contributed by atoms with Gasteiger partial charge < -0.3 is 4.42 Å². The van der Waals surface area contributed by atoms with E-state index < -0.39 is 0 Å². The maximum atomic E-state index is 5.92. The molecule has 9 heteroatoms. The van der Waals surface area contributed by atoms with E-state index in [1.54, 1.807) is 16.8 Å². The van der Waals surface area contributed by atoms with Crippen molar-refractivity contribution in [3.8, 4) is 5.69 Å². The fraction of sp³-hybridized carbons (Fsp3) is 0.118. The van der Waals surface area contributed by atoms with Crippen molar-refractivity contribution in [1.29, 1.82) is 0 Å². The summed E-state index contributed by atoms with van der Waals surface area (Å²) in [6, 6.07) is 17.3. The Hall–Kier alpha value is -2.71. The van der Waals surface area contributed by atoms with E-state index in [-0.39, 0.29) is 0 Å². The molecule has 0 saturated heterocycles. The molecule has 7 nitrogen and oxygen atoms in total. The first-order chi connectivity index (χ1) is 12.8. The van der Waals surface area contributed by atoms with Crippen molar-refractivity contribution in [2.24, 2.45) is 0 Å². The van der Waals surface area contributed by atoms with Gasteiger partial charge in [-0.3, -0.25) is 0 Å². The van der Waals surface area contributed by atoms with E-state index in [1.165, 1.54) is 11.8 Å². The van der Waals surface area contributed by atoms with E-state index in [2.05, 4.69) is 25.7 Å². The zero-order valence-corrected chi connectivity index (χ0v) is 15.1. The molecular formula is C17H13ClN6OS. The van der Waals surface area contributed by atoms with Gasteiger partial charge in [0.05, 0.1) is 17.9 Å². The molecule has 0 aliphatic heterocycles. The maximum absolute atomic E-state index is 5.92. The molecule has 0 saturated carbocycles. The SMILES string of the molecule is Clc1ccc(-n2nnnc2SCc2nnc(Cc3ccccc3)o2)cc1. The molecule has 130 valence electrons. The van der Waals surface area contributed by atoms with Crippen LogP contribution in [0.3, 0.4) is 0 Å². The third-order valence-electron chi connectivity index (χ3n) is 3.54. The van der Waals surface area contributed by atoms with Crippen molar-refractivity contribution in [2.45, 2.75) is 17.3 Å². The molecule has 0 amide bonds. The zero-order chi connectivity index (χ0) is 17.8. The molecule has 26 heavy (non-hydrogen) atoms. The second-order valence-corrected chi connectivity index (χ2v) is 6.77. The predicted molar refractivity (Wildman–Crippen MR) is 97.3 cm³/mol. The van der Waals surface area contributed by atoms with Gasteiger partial charge in [-0.05, 0) is 40.3 Å². The minimum Gasteiger partial charge on any atom is -0.424 e. The summed E-state index contributed by atoms with van der Waals surface area (Å²) in [4.78, 5) is 0. The van der Waals surface area contributed by atoms with Gasteiger partial charge in [0.1, 0.15) is 0 Å². The van der Waals surface area contributed by atoms with Gasteiger partial charge in [-0.1, -0.05) is 53.7 Å². The van der Waals surface area contributed by atoms with E-state index in [9.17, 15) is 0 Å². The van der Waals surface area contributed by atoms with Crippen LogP contribution in [0.4, 0.5) is 0 Å². The van der Waals surface area contributed by atoms with Crippen molar-refractivity contribution < 1.29 is 4.42 Å². The second-order valence-electron chi connectivity index (χ2n) is 5.39. The highest BCUT2D eigenvalue weighted by molar-refractivity contribution is 7.98. The summed E-state index contributed by atoms with van der Waals surface area (Å²) < 4.78 is 7.35. The molecule has 2 heterocycles. The number of thioether (sulfide) groups is 1. The number of aromatic nitrogens is 6. The van der Waals surface area contributed by atoms with E-state index in [1.807, 2.05) is 42.5 Å². The minimum atomic E-state index is 0.482. The standard InChI is InChI=1S/C17H13ClN6OS/c18-13-6-8-14(9-7-13)24-17(21-22-23-24)26-11-16-20-19-15(25-16)10-12-4-2-1-3-5-12/h1-9H,10-11H2. The second kappa shape index (κ2) is 7.67. The van der Waals surface area contributed by atoms with Crippen LogP contribution in [-0.4, -0.2) is 30.4 Å². The Morgan fingerprint density at radius 1 is 0.923 bits per heavy atom. The first-order valence-corrected chi connectivity index (χ1v) is 9.16. The number of benzene rings is 2. The molecule has 0 N–H and O–H groups in total. The summed E-state index contributed by atoms with van der Waals surface area (Å²) in [7, 11) is 0. The Morgan fingerprint density at radius 2 is 1.69 bits per heavy atom. The molecule has 4 aromatic rings. The van der Waals surface area contributed by atoms with Gasteiger partial charge in [0.15, 0.2) is 0 Å². The summed E-state index contributed by atoms with van der Waals surface area (Å²) in [5, 5.41) is 21.3. The van der Waals surface area contributed by atoms with Crippen molar-refractivity contribution in [1.82, 2.24) is 30.4 Å². The third kappa shape index (κ3) is 3.92. The van der Waals surface area contributed by atoms with Crippen LogP contribution in [0.15, 0.2) is 64.2 Å². The summed E-state index contributed by atoms with van der Waals surface area (Å²) in [6.07, 6.45) is 0.612. The van der Waals surface area contributed by atoms with Crippen LogP contribution < -0.4 is 0 Å². The minimum absolute atomic E-state index is 0.482. The molecular weight excluding hydrogens is 372 g/mol. The van der Waals surface area contributed by atoms with Crippen molar-refractivity contribution in [3.63, 3.8) is 0 Å². The Balaban J connectivity index is 1.42. The normalized spacial score (nSPS) is 11.0. The van der Waals surface area contributed by atoms with E-state index in [0.717, 1.165) is 11.3 Å². The Bertz CT molecular complexity index is 986. The van der Waals surface area contributed by atoms with Crippen LogP contribution in [0, 0.1) is 0 Å².